The maximum absolute atomic E-state index is 11.0. The highest BCUT2D eigenvalue weighted by Gasteiger charge is 2.25. The average Bonchev–Trinajstić information content (AvgIpc) is 2.83. The van der Waals surface area contributed by atoms with Crippen LogP contribution in [-0.2, 0) is 0 Å². The molecule has 2 N–H and O–H groups in total. The Hall–Kier alpha value is -2.10. The van der Waals surface area contributed by atoms with Crippen molar-refractivity contribution in [2.24, 2.45) is 0 Å². The van der Waals surface area contributed by atoms with E-state index in [1.165, 1.54) is 12.1 Å². The van der Waals surface area contributed by atoms with Crippen molar-refractivity contribution in [1.82, 2.24) is 0 Å². The van der Waals surface area contributed by atoms with Crippen molar-refractivity contribution in [3.63, 3.8) is 0 Å². The Morgan fingerprint density at radius 1 is 1.39 bits per heavy atom. The van der Waals surface area contributed by atoms with Crippen LogP contribution in [0.25, 0.3) is 0 Å². The summed E-state index contributed by atoms with van der Waals surface area (Å²) in [5.74, 6) is 0.821. The first-order valence-corrected chi connectivity index (χ1v) is 5.29. The van der Waals surface area contributed by atoms with Crippen LogP contribution in [-0.4, -0.2) is 29.4 Å². The fourth-order valence-electron chi connectivity index (χ4n) is 1.74. The van der Waals surface area contributed by atoms with Gasteiger partial charge in [0.15, 0.2) is 17.8 Å². The highest BCUT2D eigenvalue weighted by molar-refractivity contribution is 5.79. The fourth-order valence-corrected chi connectivity index (χ4v) is 1.74. The molecule has 2 rings (SSSR count). The van der Waals surface area contributed by atoms with Gasteiger partial charge in [-0.15, -0.1) is 0 Å². The minimum Gasteiger partial charge on any atom is -0.454 e. The average molecular weight is 249 g/mol. The molecular weight excluding hydrogens is 238 g/mol. The molecule has 0 bridgehead atoms. The number of rotatable bonds is 4. The van der Waals surface area contributed by atoms with E-state index >= 15 is 0 Å². The molecule has 0 aliphatic carbocycles. The maximum atomic E-state index is 11.0. The van der Waals surface area contributed by atoms with Crippen molar-refractivity contribution < 1.29 is 24.5 Å². The minimum absolute atomic E-state index is 0.0495. The summed E-state index contributed by atoms with van der Waals surface area (Å²) in [4.78, 5) is 11.0. The van der Waals surface area contributed by atoms with E-state index in [1.54, 1.807) is 6.07 Å². The van der Waals surface area contributed by atoms with Gasteiger partial charge in [-0.25, -0.2) is 0 Å². The Kier molecular flexibility index (Phi) is 3.46. The molecule has 6 heteroatoms. The first kappa shape index (κ1) is 12.4. The third-order valence-electron chi connectivity index (χ3n) is 2.69. The van der Waals surface area contributed by atoms with Crippen molar-refractivity contribution in [2.45, 2.75) is 18.6 Å². The summed E-state index contributed by atoms with van der Waals surface area (Å²) in [5.41, 5.74) is 0.417. The maximum Gasteiger partial charge on any atom is 0.231 e. The van der Waals surface area contributed by atoms with Crippen LogP contribution in [0.3, 0.4) is 0 Å². The summed E-state index contributed by atoms with van der Waals surface area (Å²) in [5, 5.41) is 28.0. The van der Waals surface area contributed by atoms with E-state index in [-0.39, 0.29) is 24.3 Å². The van der Waals surface area contributed by atoms with E-state index < -0.39 is 12.2 Å². The van der Waals surface area contributed by atoms with Crippen molar-refractivity contribution >= 4 is 6.29 Å². The molecule has 1 aliphatic rings. The molecule has 6 nitrogen and oxygen atoms in total. The number of aliphatic hydroxyl groups is 2. The van der Waals surface area contributed by atoms with Gasteiger partial charge < -0.3 is 19.7 Å². The predicted octanol–water partition coefficient (Wildman–Crippen LogP) is 0.536. The normalized spacial score (nSPS) is 15.8. The van der Waals surface area contributed by atoms with Crippen LogP contribution < -0.4 is 9.47 Å². The molecule has 1 aromatic carbocycles. The standard InChI is InChI=1S/C12H11NO5/c13-2-1-9(15)12(16)8-4-11-10(17-6-18-11)3-7(8)5-14/h3-5,9,12,15-16H,1,6H2. The zero-order valence-corrected chi connectivity index (χ0v) is 9.37. The lowest BCUT2D eigenvalue weighted by Crippen LogP contribution is -2.18. The lowest BCUT2D eigenvalue weighted by atomic mass is 9.97. The molecule has 0 amide bonds. The molecule has 1 aliphatic heterocycles. The number of fused-ring (bicyclic) bond motifs is 1. The van der Waals surface area contributed by atoms with E-state index in [1.807, 2.05) is 0 Å². The Morgan fingerprint density at radius 2 is 2.06 bits per heavy atom. The van der Waals surface area contributed by atoms with Crippen LogP contribution in [0.5, 0.6) is 11.5 Å². The zero-order valence-electron chi connectivity index (χ0n) is 9.37. The van der Waals surface area contributed by atoms with Gasteiger partial charge >= 0.3 is 0 Å². The van der Waals surface area contributed by atoms with E-state index in [2.05, 4.69) is 0 Å². The molecular formula is C12H11NO5. The van der Waals surface area contributed by atoms with Crippen molar-refractivity contribution in [3.05, 3.63) is 23.3 Å². The highest BCUT2D eigenvalue weighted by atomic mass is 16.7. The monoisotopic (exact) mass is 249 g/mol. The topological polar surface area (TPSA) is 99.8 Å². The van der Waals surface area contributed by atoms with Crippen LogP contribution in [0.15, 0.2) is 12.1 Å². The van der Waals surface area contributed by atoms with E-state index in [0.717, 1.165) is 0 Å². The number of aldehydes is 1. The first-order valence-electron chi connectivity index (χ1n) is 5.29. The van der Waals surface area contributed by atoms with Crippen LogP contribution in [0.2, 0.25) is 0 Å². The second-order valence-electron chi connectivity index (χ2n) is 3.83. The Labute approximate surface area is 103 Å². The number of carbonyl (C=O) groups excluding carboxylic acids is 1. The molecule has 2 unspecified atom stereocenters. The van der Waals surface area contributed by atoms with Crippen molar-refractivity contribution in [3.8, 4) is 17.6 Å². The molecule has 0 aromatic heterocycles. The van der Waals surface area contributed by atoms with Crippen LogP contribution in [0.1, 0.15) is 28.4 Å². The SMILES string of the molecule is N#CCC(O)C(O)c1cc2c(cc1C=O)OCO2. The molecule has 1 heterocycles. The number of hydrogen-bond donors (Lipinski definition) is 2. The summed E-state index contributed by atoms with van der Waals surface area (Å²) in [6.07, 6.45) is -2.25. The van der Waals surface area contributed by atoms with Gasteiger partial charge in [0.25, 0.3) is 0 Å². The first-order chi connectivity index (χ1) is 8.67. The molecule has 18 heavy (non-hydrogen) atoms. The Morgan fingerprint density at radius 3 is 2.67 bits per heavy atom. The van der Waals surface area contributed by atoms with E-state index in [9.17, 15) is 15.0 Å². The number of aliphatic hydroxyl groups excluding tert-OH is 2. The molecule has 0 radical (unpaired) electrons. The summed E-state index contributed by atoms with van der Waals surface area (Å²) < 4.78 is 10.2. The third-order valence-corrected chi connectivity index (χ3v) is 2.69. The van der Waals surface area contributed by atoms with Gasteiger partial charge in [0.1, 0.15) is 6.10 Å². The van der Waals surface area contributed by atoms with Crippen LogP contribution >= 0.6 is 0 Å². The van der Waals surface area contributed by atoms with Gasteiger partial charge in [0.05, 0.1) is 18.6 Å². The van der Waals surface area contributed by atoms with Crippen molar-refractivity contribution in [1.29, 1.82) is 5.26 Å². The smallest absolute Gasteiger partial charge is 0.231 e. The number of hydrogen-bond acceptors (Lipinski definition) is 6. The van der Waals surface area contributed by atoms with Gasteiger partial charge in [-0.05, 0) is 17.7 Å². The highest BCUT2D eigenvalue weighted by Crippen LogP contribution is 2.37. The fraction of sp³-hybridized carbons (Fsp3) is 0.333. The predicted molar refractivity (Wildman–Crippen MR) is 59.1 cm³/mol. The lowest BCUT2D eigenvalue weighted by Gasteiger charge is -2.17. The molecule has 0 saturated heterocycles. The number of benzene rings is 1. The van der Waals surface area contributed by atoms with Crippen molar-refractivity contribution in [2.75, 3.05) is 6.79 Å². The zero-order chi connectivity index (χ0) is 13.1. The van der Waals surface area contributed by atoms with E-state index in [0.29, 0.717) is 17.8 Å². The minimum atomic E-state index is -1.32. The molecule has 0 fully saturated rings. The van der Waals surface area contributed by atoms with Gasteiger partial charge in [0, 0.05) is 5.56 Å². The second kappa shape index (κ2) is 5.04. The number of carbonyl (C=O) groups is 1. The molecule has 0 saturated carbocycles. The summed E-state index contributed by atoms with van der Waals surface area (Å²) in [7, 11) is 0. The van der Waals surface area contributed by atoms with Crippen LogP contribution in [0, 0.1) is 11.3 Å². The third kappa shape index (κ3) is 2.14. The number of nitriles is 1. The quantitative estimate of drug-likeness (QED) is 0.755. The second-order valence-corrected chi connectivity index (χ2v) is 3.83. The Balaban J connectivity index is 2.37. The van der Waals surface area contributed by atoms with Gasteiger partial charge in [0.2, 0.25) is 6.79 Å². The Bertz CT molecular complexity index is 508. The summed E-state index contributed by atoms with van der Waals surface area (Å²) >= 11 is 0. The summed E-state index contributed by atoms with van der Waals surface area (Å²) in [6, 6.07) is 4.63. The van der Waals surface area contributed by atoms with E-state index in [4.69, 9.17) is 14.7 Å². The molecule has 2 atom stereocenters. The van der Waals surface area contributed by atoms with Gasteiger partial charge in [-0.1, -0.05) is 0 Å². The summed E-state index contributed by atoms with van der Waals surface area (Å²) in [6.45, 7) is 0.0495. The lowest BCUT2D eigenvalue weighted by molar-refractivity contribution is 0.0212. The van der Waals surface area contributed by atoms with Crippen LogP contribution in [0.4, 0.5) is 0 Å². The number of nitrogens with zero attached hydrogens (tertiary/aromatic N) is 1. The largest absolute Gasteiger partial charge is 0.454 e. The molecule has 1 aromatic rings. The molecule has 94 valence electrons. The van der Waals surface area contributed by atoms with Gasteiger partial charge in [-0.2, -0.15) is 5.26 Å². The van der Waals surface area contributed by atoms with Gasteiger partial charge in [-0.3, -0.25) is 4.79 Å². The number of ether oxygens (including phenoxy) is 2. The molecule has 0 spiro atoms.